The number of carbonyl (C=O) groups is 2. The standard InChI is InChI=1S/C18H18N4O2/c1-12(21-22-18(24)15-5-3-9-19-11-15)14-4-2-6-16(10-14)20-17(23)13-7-8-13/h2-6,9-11,13H,7-8H2,1H3,(H,20,23)(H,22,24)/b21-12-. The summed E-state index contributed by atoms with van der Waals surface area (Å²) >= 11 is 0. The van der Waals surface area contributed by atoms with Crippen LogP contribution in [0.2, 0.25) is 0 Å². The number of aromatic nitrogens is 1. The van der Waals surface area contributed by atoms with Crippen LogP contribution in [0.5, 0.6) is 0 Å². The molecule has 6 heteroatoms. The Morgan fingerprint density at radius 2 is 1.96 bits per heavy atom. The number of hydrogen-bond acceptors (Lipinski definition) is 4. The molecule has 1 saturated carbocycles. The fraction of sp³-hybridized carbons (Fsp3) is 0.222. The van der Waals surface area contributed by atoms with Gasteiger partial charge in [0, 0.05) is 24.0 Å². The van der Waals surface area contributed by atoms with Gasteiger partial charge in [0.05, 0.1) is 11.3 Å². The second-order valence-corrected chi connectivity index (χ2v) is 5.72. The second-order valence-electron chi connectivity index (χ2n) is 5.72. The largest absolute Gasteiger partial charge is 0.326 e. The Morgan fingerprint density at radius 1 is 1.17 bits per heavy atom. The van der Waals surface area contributed by atoms with Crippen LogP contribution >= 0.6 is 0 Å². The van der Waals surface area contributed by atoms with E-state index >= 15 is 0 Å². The minimum Gasteiger partial charge on any atom is -0.326 e. The zero-order valence-electron chi connectivity index (χ0n) is 13.3. The highest BCUT2D eigenvalue weighted by atomic mass is 16.2. The molecule has 0 saturated heterocycles. The van der Waals surface area contributed by atoms with E-state index in [0.717, 1.165) is 24.1 Å². The molecule has 1 fully saturated rings. The molecule has 0 aliphatic heterocycles. The molecular weight excluding hydrogens is 304 g/mol. The van der Waals surface area contributed by atoms with E-state index in [1.807, 2.05) is 24.3 Å². The van der Waals surface area contributed by atoms with Gasteiger partial charge in [-0.25, -0.2) is 5.43 Å². The van der Waals surface area contributed by atoms with Crippen LogP contribution in [0.15, 0.2) is 53.9 Å². The highest BCUT2D eigenvalue weighted by Crippen LogP contribution is 2.30. The average molecular weight is 322 g/mol. The van der Waals surface area contributed by atoms with Crippen LogP contribution in [-0.4, -0.2) is 22.5 Å². The fourth-order valence-electron chi connectivity index (χ4n) is 2.17. The Labute approximate surface area is 140 Å². The second kappa shape index (κ2) is 7.04. The third-order valence-corrected chi connectivity index (χ3v) is 3.74. The number of nitrogens with zero attached hydrogens (tertiary/aromatic N) is 2. The van der Waals surface area contributed by atoms with Crippen molar-refractivity contribution in [3.63, 3.8) is 0 Å². The third-order valence-electron chi connectivity index (χ3n) is 3.74. The summed E-state index contributed by atoms with van der Waals surface area (Å²) in [4.78, 5) is 27.7. The van der Waals surface area contributed by atoms with Crippen LogP contribution in [0.4, 0.5) is 5.69 Å². The number of pyridine rings is 1. The van der Waals surface area contributed by atoms with Gasteiger partial charge in [-0.1, -0.05) is 12.1 Å². The zero-order valence-corrected chi connectivity index (χ0v) is 13.3. The van der Waals surface area contributed by atoms with Crippen LogP contribution < -0.4 is 10.7 Å². The maximum Gasteiger partial charge on any atom is 0.272 e. The smallest absolute Gasteiger partial charge is 0.272 e. The van der Waals surface area contributed by atoms with Crippen LogP contribution in [0, 0.1) is 5.92 Å². The first-order valence-electron chi connectivity index (χ1n) is 7.79. The molecule has 0 atom stereocenters. The highest BCUT2D eigenvalue weighted by Gasteiger charge is 2.29. The summed E-state index contributed by atoms with van der Waals surface area (Å²) < 4.78 is 0. The number of anilines is 1. The first kappa shape index (κ1) is 15.9. The number of hydrazone groups is 1. The van der Waals surface area contributed by atoms with Crippen molar-refractivity contribution in [3.8, 4) is 0 Å². The Morgan fingerprint density at radius 3 is 2.67 bits per heavy atom. The van der Waals surface area contributed by atoms with Gasteiger partial charge in [0.25, 0.3) is 5.91 Å². The van der Waals surface area contributed by atoms with E-state index in [1.54, 1.807) is 25.3 Å². The molecule has 2 amide bonds. The first-order chi connectivity index (χ1) is 11.6. The van der Waals surface area contributed by atoms with Crippen molar-refractivity contribution in [2.24, 2.45) is 11.0 Å². The Bertz CT molecular complexity index is 783. The predicted molar refractivity (Wildman–Crippen MR) is 91.7 cm³/mol. The summed E-state index contributed by atoms with van der Waals surface area (Å²) in [6.45, 7) is 1.80. The summed E-state index contributed by atoms with van der Waals surface area (Å²) in [5.74, 6) is -0.102. The summed E-state index contributed by atoms with van der Waals surface area (Å²) in [6.07, 6.45) is 5.01. The number of nitrogens with one attached hydrogen (secondary N) is 2. The van der Waals surface area contributed by atoms with Crippen LogP contribution in [0.25, 0.3) is 0 Å². The van der Waals surface area contributed by atoms with Gasteiger partial charge in [-0.3, -0.25) is 14.6 Å². The lowest BCUT2D eigenvalue weighted by Crippen LogP contribution is -2.19. The molecule has 1 heterocycles. The van der Waals surface area contributed by atoms with Gasteiger partial charge in [-0.15, -0.1) is 0 Å². The van der Waals surface area contributed by atoms with Gasteiger partial charge in [0.1, 0.15) is 0 Å². The molecular formula is C18H18N4O2. The van der Waals surface area contributed by atoms with Gasteiger partial charge in [-0.05, 0) is 49.6 Å². The molecule has 3 rings (SSSR count). The van der Waals surface area contributed by atoms with Crippen molar-refractivity contribution in [1.29, 1.82) is 0 Å². The van der Waals surface area contributed by atoms with Crippen LogP contribution in [0.1, 0.15) is 35.7 Å². The van der Waals surface area contributed by atoms with Gasteiger partial charge in [0.2, 0.25) is 5.91 Å². The molecule has 0 radical (unpaired) electrons. The van der Waals surface area contributed by atoms with Gasteiger partial charge >= 0.3 is 0 Å². The number of benzene rings is 1. The Kier molecular flexibility index (Phi) is 4.65. The van der Waals surface area contributed by atoms with Gasteiger partial charge in [0.15, 0.2) is 0 Å². The molecule has 2 N–H and O–H groups in total. The Balaban J connectivity index is 1.66. The number of carbonyl (C=O) groups excluding carboxylic acids is 2. The van der Waals surface area contributed by atoms with Gasteiger partial charge in [-0.2, -0.15) is 5.10 Å². The fourth-order valence-corrected chi connectivity index (χ4v) is 2.17. The topological polar surface area (TPSA) is 83.4 Å². The summed E-state index contributed by atoms with van der Waals surface area (Å²) in [6, 6.07) is 10.8. The molecule has 0 spiro atoms. The van der Waals surface area contributed by atoms with E-state index in [1.165, 1.54) is 6.20 Å². The summed E-state index contributed by atoms with van der Waals surface area (Å²) in [5.41, 5.74) is 5.16. The minimum absolute atomic E-state index is 0.0617. The van der Waals surface area contributed by atoms with E-state index in [0.29, 0.717) is 11.3 Å². The molecule has 1 aliphatic carbocycles. The number of amides is 2. The van der Waals surface area contributed by atoms with Crippen molar-refractivity contribution in [2.75, 3.05) is 5.32 Å². The first-order valence-corrected chi connectivity index (χ1v) is 7.79. The van der Waals surface area contributed by atoms with Crippen molar-refractivity contribution in [1.82, 2.24) is 10.4 Å². The van der Waals surface area contributed by atoms with Gasteiger partial charge < -0.3 is 5.32 Å². The van der Waals surface area contributed by atoms with Crippen molar-refractivity contribution < 1.29 is 9.59 Å². The highest BCUT2D eigenvalue weighted by molar-refractivity contribution is 6.02. The number of hydrogen-bond donors (Lipinski definition) is 2. The van der Waals surface area contributed by atoms with E-state index in [4.69, 9.17) is 0 Å². The van der Waals surface area contributed by atoms with Crippen LogP contribution in [0.3, 0.4) is 0 Å². The lowest BCUT2D eigenvalue weighted by molar-refractivity contribution is -0.117. The molecule has 122 valence electrons. The van der Waals surface area contributed by atoms with Crippen molar-refractivity contribution >= 4 is 23.2 Å². The lowest BCUT2D eigenvalue weighted by atomic mass is 10.1. The quantitative estimate of drug-likeness (QED) is 0.655. The molecule has 0 unspecified atom stereocenters. The maximum absolute atomic E-state index is 12.0. The predicted octanol–water partition coefficient (Wildman–Crippen LogP) is 2.58. The number of rotatable bonds is 5. The van der Waals surface area contributed by atoms with Crippen molar-refractivity contribution in [2.45, 2.75) is 19.8 Å². The van der Waals surface area contributed by atoms with Crippen LogP contribution in [-0.2, 0) is 4.79 Å². The minimum atomic E-state index is -0.319. The summed E-state index contributed by atoms with van der Waals surface area (Å²) in [7, 11) is 0. The van der Waals surface area contributed by atoms with Crippen molar-refractivity contribution in [3.05, 3.63) is 59.9 Å². The molecule has 1 aromatic heterocycles. The Hall–Kier alpha value is -3.02. The maximum atomic E-state index is 12.0. The average Bonchev–Trinajstić information content (AvgIpc) is 3.45. The third kappa shape index (κ3) is 4.04. The molecule has 24 heavy (non-hydrogen) atoms. The summed E-state index contributed by atoms with van der Waals surface area (Å²) in [5, 5.41) is 7.02. The molecule has 6 nitrogen and oxygen atoms in total. The van der Waals surface area contributed by atoms with E-state index in [2.05, 4.69) is 20.8 Å². The SMILES string of the molecule is C/C(=N/NC(=O)c1cccnc1)c1cccc(NC(=O)C2CC2)c1. The van der Waals surface area contributed by atoms with E-state index < -0.39 is 0 Å². The van der Waals surface area contributed by atoms with E-state index in [9.17, 15) is 9.59 Å². The normalized spacial score (nSPS) is 14.1. The lowest BCUT2D eigenvalue weighted by Gasteiger charge is -2.07. The molecule has 0 bridgehead atoms. The molecule has 1 aliphatic rings. The monoisotopic (exact) mass is 322 g/mol. The van der Waals surface area contributed by atoms with E-state index in [-0.39, 0.29) is 17.7 Å². The molecule has 1 aromatic carbocycles. The molecule has 2 aromatic rings. The zero-order chi connectivity index (χ0) is 16.9.